The fraction of sp³-hybridized carbons (Fsp3) is 0.650. The van der Waals surface area contributed by atoms with E-state index >= 15 is 0 Å². The topological polar surface area (TPSA) is 29.5 Å². The van der Waals surface area contributed by atoms with Crippen LogP contribution in [-0.2, 0) is 4.79 Å². The van der Waals surface area contributed by atoms with Crippen molar-refractivity contribution >= 4 is 5.91 Å². The molecule has 1 aliphatic carbocycles. The molecule has 3 rings (SSSR count). The number of hydrogen-bond acceptors (Lipinski definition) is 2. The molecule has 2 fully saturated rings. The maximum absolute atomic E-state index is 12.6. The number of amides is 1. The Morgan fingerprint density at radius 1 is 1.17 bits per heavy atom. The summed E-state index contributed by atoms with van der Waals surface area (Å²) in [7, 11) is 0. The molecule has 1 aliphatic heterocycles. The number of likely N-dealkylation sites (tertiary alicyclic amines) is 1. The molecular formula is C20H29NO2. The Hall–Kier alpha value is -1.51. The van der Waals surface area contributed by atoms with E-state index in [1.165, 1.54) is 44.1 Å². The Morgan fingerprint density at radius 3 is 2.70 bits per heavy atom. The van der Waals surface area contributed by atoms with E-state index in [1.54, 1.807) is 0 Å². The molecular weight excluding hydrogens is 286 g/mol. The Morgan fingerprint density at radius 2 is 1.96 bits per heavy atom. The van der Waals surface area contributed by atoms with Crippen molar-refractivity contribution in [2.24, 2.45) is 5.92 Å². The predicted octanol–water partition coefficient (Wildman–Crippen LogP) is 4.25. The summed E-state index contributed by atoms with van der Waals surface area (Å²) in [4.78, 5) is 14.7. The molecule has 1 amide bonds. The van der Waals surface area contributed by atoms with Crippen LogP contribution in [0.1, 0.15) is 56.1 Å². The summed E-state index contributed by atoms with van der Waals surface area (Å²) in [5.74, 6) is 1.93. The number of ether oxygens (including phenoxy) is 1. The first kappa shape index (κ1) is 16.4. The summed E-state index contributed by atoms with van der Waals surface area (Å²) >= 11 is 0. The van der Waals surface area contributed by atoms with Gasteiger partial charge in [0.05, 0.1) is 13.0 Å². The molecule has 0 radical (unpaired) electrons. The molecule has 3 heteroatoms. The Balaban J connectivity index is 1.50. The fourth-order valence-electron chi connectivity index (χ4n) is 4.29. The van der Waals surface area contributed by atoms with Crippen molar-refractivity contribution in [2.75, 3.05) is 13.2 Å². The zero-order valence-electron chi connectivity index (χ0n) is 14.5. The summed E-state index contributed by atoms with van der Waals surface area (Å²) in [6, 6.07) is 6.69. The zero-order chi connectivity index (χ0) is 16.2. The van der Waals surface area contributed by atoms with Crippen LogP contribution in [0.25, 0.3) is 0 Å². The van der Waals surface area contributed by atoms with E-state index < -0.39 is 0 Å². The van der Waals surface area contributed by atoms with Gasteiger partial charge in [-0.15, -0.1) is 0 Å². The van der Waals surface area contributed by atoms with E-state index in [-0.39, 0.29) is 5.91 Å². The lowest BCUT2D eigenvalue weighted by Crippen LogP contribution is -2.39. The third kappa shape index (κ3) is 3.88. The van der Waals surface area contributed by atoms with Crippen LogP contribution in [0, 0.1) is 19.8 Å². The number of hydrogen-bond donors (Lipinski definition) is 0. The van der Waals surface area contributed by atoms with Crippen LogP contribution < -0.4 is 4.74 Å². The van der Waals surface area contributed by atoms with Crippen LogP contribution in [-0.4, -0.2) is 30.0 Å². The Kier molecular flexibility index (Phi) is 5.24. The molecule has 0 N–H and O–H groups in total. The third-order valence-electron chi connectivity index (χ3n) is 5.47. The minimum absolute atomic E-state index is 0.282. The molecule has 0 spiro atoms. The van der Waals surface area contributed by atoms with E-state index in [2.05, 4.69) is 30.9 Å². The van der Waals surface area contributed by atoms with Gasteiger partial charge in [0.25, 0.3) is 0 Å². The van der Waals surface area contributed by atoms with Crippen molar-refractivity contribution in [3.8, 4) is 5.75 Å². The summed E-state index contributed by atoms with van der Waals surface area (Å²) in [5.41, 5.74) is 2.38. The largest absolute Gasteiger partial charge is 0.493 e. The van der Waals surface area contributed by atoms with Crippen LogP contribution in [0.4, 0.5) is 0 Å². The van der Waals surface area contributed by atoms with Crippen LogP contribution in [0.3, 0.4) is 0 Å². The number of carbonyl (C=O) groups is 1. The van der Waals surface area contributed by atoms with Gasteiger partial charge in [-0.3, -0.25) is 4.79 Å². The monoisotopic (exact) mass is 315 g/mol. The minimum atomic E-state index is 0.282. The van der Waals surface area contributed by atoms with Gasteiger partial charge in [0.1, 0.15) is 5.75 Å². The molecule has 1 heterocycles. The van der Waals surface area contributed by atoms with Gasteiger partial charge in [0.2, 0.25) is 5.91 Å². The standard InChI is InChI=1S/C20H29NO2/c1-15-9-10-19(16(2)14-15)23-13-11-20(22)21-12-5-8-18(21)17-6-3-4-7-17/h9-10,14,17-18H,3-8,11-13H2,1-2H3. The molecule has 2 aliphatic rings. The van der Waals surface area contributed by atoms with Gasteiger partial charge in [-0.05, 0) is 57.1 Å². The van der Waals surface area contributed by atoms with Gasteiger partial charge in [0, 0.05) is 12.6 Å². The molecule has 1 aromatic rings. The van der Waals surface area contributed by atoms with Crippen molar-refractivity contribution in [2.45, 2.75) is 64.8 Å². The van der Waals surface area contributed by atoms with E-state index in [0.29, 0.717) is 19.1 Å². The lowest BCUT2D eigenvalue weighted by Gasteiger charge is -2.29. The van der Waals surface area contributed by atoms with Gasteiger partial charge in [-0.1, -0.05) is 30.5 Å². The maximum atomic E-state index is 12.6. The highest BCUT2D eigenvalue weighted by Gasteiger charge is 2.35. The lowest BCUT2D eigenvalue weighted by atomic mass is 9.96. The summed E-state index contributed by atoms with van der Waals surface area (Å²) in [5, 5.41) is 0. The third-order valence-corrected chi connectivity index (χ3v) is 5.47. The van der Waals surface area contributed by atoms with Crippen molar-refractivity contribution < 1.29 is 9.53 Å². The molecule has 0 bridgehead atoms. The molecule has 23 heavy (non-hydrogen) atoms. The van der Waals surface area contributed by atoms with Crippen molar-refractivity contribution in [3.63, 3.8) is 0 Å². The second kappa shape index (κ2) is 7.37. The van der Waals surface area contributed by atoms with Crippen molar-refractivity contribution in [1.29, 1.82) is 0 Å². The Bertz CT molecular complexity index is 549. The van der Waals surface area contributed by atoms with Crippen molar-refractivity contribution in [1.82, 2.24) is 4.90 Å². The highest BCUT2D eigenvalue weighted by Crippen LogP contribution is 2.35. The molecule has 1 aromatic carbocycles. The van der Waals surface area contributed by atoms with E-state index in [9.17, 15) is 4.79 Å². The smallest absolute Gasteiger partial charge is 0.226 e. The quantitative estimate of drug-likeness (QED) is 0.813. The van der Waals surface area contributed by atoms with Gasteiger partial charge >= 0.3 is 0 Å². The summed E-state index contributed by atoms with van der Waals surface area (Å²) in [6.45, 7) is 5.57. The molecule has 1 atom stereocenters. The number of nitrogens with zero attached hydrogens (tertiary/aromatic N) is 1. The first-order valence-electron chi connectivity index (χ1n) is 9.14. The molecule has 3 nitrogen and oxygen atoms in total. The second-order valence-electron chi connectivity index (χ2n) is 7.21. The second-order valence-corrected chi connectivity index (χ2v) is 7.21. The highest BCUT2D eigenvalue weighted by molar-refractivity contribution is 5.77. The average Bonchev–Trinajstić information content (AvgIpc) is 3.19. The lowest BCUT2D eigenvalue weighted by molar-refractivity contribution is -0.133. The number of carbonyl (C=O) groups excluding carboxylic acids is 1. The van der Waals surface area contributed by atoms with Gasteiger partial charge in [0.15, 0.2) is 0 Å². The van der Waals surface area contributed by atoms with E-state index in [4.69, 9.17) is 4.74 Å². The van der Waals surface area contributed by atoms with Crippen LogP contribution >= 0.6 is 0 Å². The van der Waals surface area contributed by atoms with Gasteiger partial charge < -0.3 is 9.64 Å². The number of aryl methyl sites for hydroxylation is 2. The van der Waals surface area contributed by atoms with Gasteiger partial charge in [-0.25, -0.2) is 0 Å². The first-order valence-corrected chi connectivity index (χ1v) is 9.14. The SMILES string of the molecule is Cc1ccc(OCCC(=O)N2CCCC2C2CCCC2)c(C)c1. The van der Waals surface area contributed by atoms with Crippen LogP contribution in [0.2, 0.25) is 0 Å². The number of rotatable bonds is 5. The molecule has 126 valence electrons. The van der Waals surface area contributed by atoms with Crippen LogP contribution in [0.15, 0.2) is 18.2 Å². The first-order chi connectivity index (χ1) is 11.1. The summed E-state index contributed by atoms with van der Waals surface area (Å²) < 4.78 is 5.84. The zero-order valence-corrected chi connectivity index (χ0v) is 14.5. The Labute approximate surface area is 140 Å². The fourth-order valence-corrected chi connectivity index (χ4v) is 4.29. The predicted molar refractivity (Wildman–Crippen MR) is 92.7 cm³/mol. The summed E-state index contributed by atoms with van der Waals surface area (Å²) in [6.07, 6.45) is 8.19. The molecule has 0 aromatic heterocycles. The van der Waals surface area contributed by atoms with E-state index in [1.807, 2.05) is 6.07 Å². The van der Waals surface area contributed by atoms with E-state index in [0.717, 1.165) is 23.8 Å². The van der Waals surface area contributed by atoms with Crippen LogP contribution in [0.5, 0.6) is 5.75 Å². The molecule has 1 saturated carbocycles. The average molecular weight is 315 g/mol. The highest BCUT2D eigenvalue weighted by atomic mass is 16.5. The number of benzene rings is 1. The molecule has 1 saturated heterocycles. The molecule has 1 unspecified atom stereocenters. The van der Waals surface area contributed by atoms with Gasteiger partial charge in [-0.2, -0.15) is 0 Å². The maximum Gasteiger partial charge on any atom is 0.226 e. The normalized spacial score (nSPS) is 21.8. The minimum Gasteiger partial charge on any atom is -0.493 e. The van der Waals surface area contributed by atoms with Crippen molar-refractivity contribution in [3.05, 3.63) is 29.3 Å².